The fraction of sp³-hybridized carbons (Fsp3) is 0.312. The van der Waals surface area contributed by atoms with Crippen molar-refractivity contribution >= 4 is 5.78 Å². The minimum absolute atomic E-state index is 0.0380. The molecule has 2 aromatic rings. The molecule has 0 N–H and O–H groups in total. The van der Waals surface area contributed by atoms with Crippen molar-refractivity contribution in [2.75, 3.05) is 0 Å². The molecule has 0 fully saturated rings. The van der Waals surface area contributed by atoms with Crippen LogP contribution in [0.25, 0.3) is 0 Å². The highest BCUT2D eigenvalue weighted by atomic mass is 19.4. The summed E-state index contributed by atoms with van der Waals surface area (Å²) in [5.41, 5.74) is -0.872. The Morgan fingerprint density at radius 3 is 2.52 bits per heavy atom. The molecule has 4 nitrogen and oxygen atoms in total. The number of carbonyl (C=O) groups is 1. The van der Waals surface area contributed by atoms with Crippen LogP contribution in [0.1, 0.15) is 41.5 Å². The van der Waals surface area contributed by atoms with E-state index in [-0.39, 0.29) is 23.6 Å². The SMILES string of the molecule is CC(C)n1nc(CC(=O)c2cccc(C(F)(F)F)c2)ccc1=O. The van der Waals surface area contributed by atoms with Gasteiger partial charge in [0, 0.05) is 11.6 Å². The standard InChI is InChI=1S/C16H15F3N2O2/c1-10(2)21-15(23)7-6-13(20-21)9-14(22)11-4-3-5-12(8-11)16(17,18)19/h3-8,10H,9H2,1-2H3. The predicted octanol–water partition coefficient (Wildman–Crippen LogP) is 3.27. The van der Waals surface area contributed by atoms with Gasteiger partial charge in [-0.2, -0.15) is 18.3 Å². The van der Waals surface area contributed by atoms with Gasteiger partial charge in [0.25, 0.3) is 5.56 Å². The van der Waals surface area contributed by atoms with E-state index in [0.29, 0.717) is 5.69 Å². The molecule has 0 atom stereocenters. The maximum absolute atomic E-state index is 12.7. The van der Waals surface area contributed by atoms with Crippen LogP contribution < -0.4 is 5.56 Å². The Bertz CT molecular complexity index is 779. The number of hydrogen-bond donors (Lipinski definition) is 0. The summed E-state index contributed by atoms with van der Waals surface area (Å²) in [5.74, 6) is -0.488. The third kappa shape index (κ3) is 4.06. The van der Waals surface area contributed by atoms with Crippen LogP contribution in [0.5, 0.6) is 0 Å². The average Bonchev–Trinajstić information content (AvgIpc) is 2.48. The van der Waals surface area contributed by atoms with Gasteiger partial charge in [-0.25, -0.2) is 4.68 Å². The van der Waals surface area contributed by atoms with Gasteiger partial charge in [0.05, 0.1) is 23.7 Å². The Balaban J connectivity index is 2.26. The molecular formula is C16H15F3N2O2. The molecule has 122 valence electrons. The lowest BCUT2D eigenvalue weighted by Crippen LogP contribution is -2.25. The lowest BCUT2D eigenvalue weighted by molar-refractivity contribution is -0.137. The Morgan fingerprint density at radius 1 is 1.22 bits per heavy atom. The van der Waals surface area contributed by atoms with Crippen LogP contribution in [0.15, 0.2) is 41.2 Å². The minimum Gasteiger partial charge on any atom is -0.294 e. The van der Waals surface area contributed by atoms with E-state index >= 15 is 0 Å². The van der Waals surface area contributed by atoms with Crippen molar-refractivity contribution in [1.82, 2.24) is 9.78 Å². The third-order valence-electron chi connectivity index (χ3n) is 3.22. The molecule has 0 saturated carbocycles. The largest absolute Gasteiger partial charge is 0.416 e. The van der Waals surface area contributed by atoms with Crippen molar-refractivity contribution in [3.63, 3.8) is 0 Å². The van der Waals surface area contributed by atoms with E-state index in [9.17, 15) is 22.8 Å². The molecule has 1 aromatic carbocycles. The highest BCUT2D eigenvalue weighted by molar-refractivity contribution is 5.97. The quantitative estimate of drug-likeness (QED) is 0.811. The lowest BCUT2D eigenvalue weighted by atomic mass is 10.0. The number of nitrogens with zero attached hydrogens (tertiary/aromatic N) is 2. The molecule has 2 rings (SSSR count). The number of Topliss-reactive ketones (excluding diaryl/α,β-unsaturated/α-hetero) is 1. The fourth-order valence-electron chi connectivity index (χ4n) is 2.06. The number of aromatic nitrogens is 2. The molecule has 1 aromatic heterocycles. The predicted molar refractivity (Wildman–Crippen MR) is 78.4 cm³/mol. The van der Waals surface area contributed by atoms with E-state index < -0.39 is 17.5 Å². The van der Waals surface area contributed by atoms with E-state index in [0.717, 1.165) is 12.1 Å². The molecule has 0 aliphatic rings. The van der Waals surface area contributed by atoms with E-state index in [1.165, 1.54) is 28.9 Å². The number of rotatable bonds is 4. The van der Waals surface area contributed by atoms with Crippen LogP contribution in [0.4, 0.5) is 13.2 Å². The van der Waals surface area contributed by atoms with Crippen molar-refractivity contribution in [2.45, 2.75) is 32.5 Å². The van der Waals surface area contributed by atoms with E-state index in [1.54, 1.807) is 13.8 Å². The van der Waals surface area contributed by atoms with Crippen molar-refractivity contribution in [2.24, 2.45) is 0 Å². The monoisotopic (exact) mass is 324 g/mol. The molecule has 7 heteroatoms. The smallest absolute Gasteiger partial charge is 0.294 e. The van der Waals surface area contributed by atoms with Gasteiger partial charge in [-0.05, 0) is 32.0 Å². The number of benzene rings is 1. The van der Waals surface area contributed by atoms with Gasteiger partial charge in [0.1, 0.15) is 0 Å². The summed E-state index contributed by atoms with van der Waals surface area (Å²) in [4.78, 5) is 23.8. The van der Waals surface area contributed by atoms with Gasteiger partial charge in [-0.3, -0.25) is 9.59 Å². The molecule has 0 amide bonds. The van der Waals surface area contributed by atoms with E-state index in [2.05, 4.69) is 5.10 Å². The number of halogens is 3. The highest BCUT2D eigenvalue weighted by Crippen LogP contribution is 2.29. The van der Waals surface area contributed by atoms with Gasteiger partial charge in [0.15, 0.2) is 5.78 Å². The Hall–Kier alpha value is -2.44. The zero-order valence-corrected chi connectivity index (χ0v) is 12.6. The van der Waals surface area contributed by atoms with Gasteiger partial charge < -0.3 is 0 Å². The number of alkyl halides is 3. The number of hydrogen-bond acceptors (Lipinski definition) is 3. The molecule has 0 spiro atoms. The number of ketones is 1. The lowest BCUT2D eigenvalue weighted by Gasteiger charge is -2.10. The molecule has 0 saturated heterocycles. The topological polar surface area (TPSA) is 52.0 Å². The fourth-order valence-corrected chi connectivity index (χ4v) is 2.06. The van der Waals surface area contributed by atoms with Crippen LogP contribution >= 0.6 is 0 Å². The molecule has 0 bridgehead atoms. The zero-order chi connectivity index (χ0) is 17.2. The first kappa shape index (κ1) is 16.9. The maximum Gasteiger partial charge on any atom is 0.416 e. The molecule has 0 aliphatic carbocycles. The van der Waals surface area contributed by atoms with Gasteiger partial charge >= 0.3 is 6.18 Å². The molecular weight excluding hydrogens is 309 g/mol. The first-order valence-corrected chi connectivity index (χ1v) is 6.97. The second kappa shape index (κ2) is 6.36. The summed E-state index contributed by atoms with van der Waals surface area (Å²) >= 11 is 0. The first-order valence-electron chi connectivity index (χ1n) is 6.97. The summed E-state index contributed by atoms with van der Waals surface area (Å²) in [6.45, 7) is 3.54. The second-order valence-electron chi connectivity index (χ2n) is 5.38. The molecule has 1 heterocycles. The van der Waals surface area contributed by atoms with Crippen LogP contribution in [-0.4, -0.2) is 15.6 Å². The van der Waals surface area contributed by atoms with E-state index in [1.807, 2.05) is 0 Å². The van der Waals surface area contributed by atoms with Crippen molar-refractivity contribution in [1.29, 1.82) is 0 Å². The van der Waals surface area contributed by atoms with E-state index in [4.69, 9.17) is 0 Å². The summed E-state index contributed by atoms with van der Waals surface area (Å²) in [6.07, 6.45) is -4.67. The van der Waals surface area contributed by atoms with Crippen molar-refractivity contribution < 1.29 is 18.0 Å². The van der Waals surface area contributed by atoms with Crippen molar-refractivity contribution in [3.05, 3.63) is 63.6 Å². The van der Waals surface area contributed by atoms with Gasteiger partial charge in [-0.1, -0.05) is 12.1 Å². The van der Waals surface area contributed by atoms with Crippen LogP contribution in [0, 0.1) is 0 Å². The Labute approximate surface area is 130 Å². The zero-order valence-electron chi connectivity index (χ0n) is 12.6. The average molecular weight is 324 g/mol. The summed E-state index contributed by atoms with van der Waals surface area (Å²) in [5, 5.41) is 4.07. The first-order chi connectivity index (χ1) is 10.7. The highest BCUT2D eigenvalue weighted by Gasteiger charge is 2.30. The van der Waals surface area contributed by atoms with Crippen LogP contribution in [0.2, 0.25) is 0 Å². The van der Waals surface area contributed by atoms with Crippen molar-refractivity contribution in [3.8, 4) is 0 Å². The molecule has 23 heavy (non-hydrogen) atoms. The Kier molecular flexibility index (Phi) is 4.68. The van der Waals surface area contributed by atoms with Crippen LogP contribution in [0.3, 0.4) is 0 Å². The molecule has 0 radical (unpaired) electrons. The maximum atomic E-state index is 12.7. The van der Waals surface area contributed by atoms with Gasteiger partial charge in [-0.15, -0.1) is 0 Å². The summed E-state index contributed by atoms with van der Waals surface area (Å²) in [7, 11) is 0. The van der Waals surface area contributed by atoms with Gasteiger partial charge in [0.2, 0.25) is 0 Å². The molecule has 0 unspecified atom stereocenters. The number of carbonyl (C=O) groups excluding carboxylic acids is 1. The Morgan fingerprint density at radius 2 is 1.91 bits per heavy atom. The minimum atomic E-state index is -4.50. The summed E-state index contributed by atoms with van der Waals surface area (Å²) in [6, 6.07) is 6.78. The third-order valence-corrected chi connectivity index (χ3v) is 3.22. The summed E-state index contributed by atoms with van der Waals surface area (Å²) < 4.78 is 39.3. The second-order valence-corrected chi connectivity index (χ2v) is 5.38. The van der Waals surface area contributed by atoms with Crippen LogP contribution in [-0.2, 0) is 12.6 Å². The normalized spacial score (nSPS) is 11.7. The molecule has 0 aliphatic heterocycles.